The summed E-state index contributed by atoms with van der Waals surface area (Å²) in [5, 5.41) is 0. The van der Waals surface area contributed by atoms with Crippen LogP contribution in [0.2, 0.25) is 0 Å². The molecular weight excluding hydrogens is 853 g/mol. The Hall–Kier alpha value is -2.37. The number of unbranched alkanes of at least 4 members (excludes halogenated alkanes) is 39. The number of rotatable bonds is 56. The molecule has 0 bridgehead atoms. The van der Waals surface area contributed by atoms with Gasteiger partial charge < -0.3 is 14.2 Å². The highest BCUT2D eigenvalue weighted by molar-refractivity contribution is 5.71. The number of carbonyl (C=O) groups excluding carboxylic acids is 3. The van der Waals surface area contributed by atoms with Gasteiger partial charge in [-0.1, -0.05) is 250 Å². The quantitative estimate of drug-likeness (QED) is 0.0261. The number of allylic oxidation sites excluding steroid dienone is 6. The van der Waals surface area contributed by atoms with E-state index in [2.05, 4.69) is 57.2 Å². The van der Waals surface area contributed by atoms with Crippen LogP contribution in [-0.2, 0) is 28.6 Å². The standard InChI is InChI=1S/C63H116O6/c1-4-7-10-13-16-19-22-25-28-30-31-33-35-38-41-44-47-50-53-56-62(65)68-59-60(58-67-61(64)55-52-49-46-43-40-37-34-27-24-21-18-15-12-9-6-3)69-63(66)57-54-51-48-45-42-39-36-32-29-26-23-20-17-14-11-8-5-2/h25-29,34,60H,4-24,30-33,35-59H2,1-3H3/b28-25-,29-26-,34-27-/t60-/m0/s1. The first-order chi connectivity index (χ1) is 34.0. The van der Waals surface area contributed by atoms with Crippen molar-refractivity contribution in [1.82, 2.24) is 0 Å². The lowest BCUT2D eigenvalue weighted by atomic mass is 10.1. The van der Waals surface area contributed by atoms with Crippen LogP contribution in [0.15, 0.2) is 36.5 Å². The first-order valence-corrected chi connectivity index (χ1v) is 30.5. The van der Waals surface area contributed by atoms with Gasteiger partial charge in [-0.05, 0) is 96.3 Å². The van der Waals surface area contributed by atoms with E-state index in [0.29, 0.717) is 19.3 Å². The summed E-state index contributed by atoms with van der Waals surface area (Å²) in [4.78, 5) is 38.2. The fourth-order valence-electron chi connectivity index (χ4n) is 8.96. The molecule has 0 aliphatic heterocycles. The van der Waals surface area contributed by atoms with E-state index in [1.807, 2.05) is 0 Å². The van der Waals surface area contributed by atoms with Gasteiger partial charge in [-0.25, -0.2) is 0 Å². The van der Waals surface area contributed by atoms with Crippen LogP contribution in [0.3, 0.4) is 0 Å². The van der Waals surface area contributed by atoms with Crippen LogP contribution in [-0.4, -0.2) is 37.2 Å². The van der Waals surface area contributed by atoms with Gasteiger partial charge in [-0.2, -0.15) is 0 Å². The van der Waals surface area contributed by atoms with Crippen molar-refractivity contribution in [2.45, 2.75) is 335 Å². The Labute approximate surface area is 429 Å². The molecule has 0 heterocycles. The van der Waals surface area contributed by atoms with Crippen molar-refractivity contribution in [2.75, 3.05) is 13.2 Å². The molecule has 0 spiro atoms. The number of hydrogen-bond donors (Lipinski definition) is 0. The summed E-state index contributed by atoms with van der Waals surface area (Å²) in [6.07, 6.45) is 69.9. The minimum Gasteiger partial charge on any atom is -0.462 e. The molecule has 0 unspecified atom stereocenters. The topological polar surface area (TPSA) is 78.9 Å². The molecule has 6 heteroatoms. The van der Waals surface area contributed by atoms with Gasteiger partial charge >= 0.3 is 17.9 Å². The molecule has 0 aliphatic rings. The molecular formula is C63H116O6. The van der Waals surface area contributed by atoms with Gasteiger partial charge in [0.1, 0.15) is 13.2 Å². The zero-order valence-corrected chi connectivity index (χ0v) is 46.3. The molecule has 0 saturated heterocycles. The predicted octanol–water partition coefficient (Wildman–Crippen LogP) is 20.4. The van der Waals surface area contributed by atoms with Crippen LogP contribution in [0.5, 0.6) is 0 Å². The van der Waals surface area contributed by atoms with E-state index < -0.39 is 6.10 Å². The smallest absolute Gasteiger partial charge is 0.306 e. The third-order valence-corrected chi connectivity index (χ3v) is 13.6. The Morgan fingerprint density at radius 2 is 0.478 bits per heavy atom. The summed E-state index contributed by atoms with van der Waals surface area (Å²) in [7, 11) is 0. The van der Waals surface area contributed by atoms with Crippen molar-refractivity contribution >= 4 is 17.9 Å². The molecule has 0 rings (SSSR count). The second-order valence-electron chi connectivity index (χ2n) is 20.6. The van der Waals surface area contributed by atoms with E-state index in [0.717, 1.165) is 64.2 Å². The number of hydrogen-bond acceptors (Lipinski definition) is 6. The maximum atomic E-state index is 12.9. The Morgan fingerprint density at radius 3 is 0.725 bits per heavy atom. The van der Waals surface area contributed by atoms with Crippen LogP contribution in [0, 0.1) is 0 Å². The van der Waals surface area contributed by atoms with E-state index in [1.54, 1.807) is 0 Å². The van der Waals surface area contributed by atoms with Gasteiger partial charge in [0.05, 0.1) is 0 Å². The third-order valence-electron chi connectivity index (χ3n) is 13.6. The molecule has 404 valence electrons. The zero-order chi connectivity index (χ0) is 50.0. The molecule has 69 heavy (non-hydrogen) atoms. The van der Waals surface area contributed by atoms with Crippen molar-refractivity contribution in [1.29, 1.82) is 0 Å². The minimum absolute atomic E-state index is 0.0750. The molecule has 0 aromatic rings. The average molecular weight is 970 g/mol. The molecule has 6 nitrogen and oxygen atoms in total. The summed E-state index contributed by atoms with van der Waals surface area (Å²) < 4.78 is 16.9. The van der Waals surface area contributed by atoms with Crippen LogP contribution < -0.4 is 0 Å². The van der Waals surface area contributed by atoms with Crippen LogP contribution in [0.25, 0.3) is 0 Å². The van der Waals surface area contributed by atoms with Crippen molar-refractivity contribution in [3.05, 3.63) is 36.5 Å². The molecule has 0 fully saturated rings. The lowest BCUT2D eigenvalue weighted by Gasteiger charge is -2.18. The Morgan fingerprint density at radius 1 is 0.275 bits per heavy atom. The van der Waals surface area contributed by atoms with Gasteiger partial charge in [0, 0.05) is 19.3 Å². The Bertz CT molecular complexity index is 1160. The normalized spacial score (nSPS) is 12.2. The van der Waals surface area contributed by atoms with Crippen LogP contribution in [0.1, 0.15) is 329 Å². The molecule has 0 saturated carbocycles. The largest absolute Gasteiger partial charge is 0.462 e. The summed E-state index contributed by atoms with van der Waals surface area (Å²) in [6, 6.07) is 0. The van der Waals surface area contributed by atoms with Gasteiger partial charge in [0.2, 0.25) is 0 Å². The van der Waals surface area contributed by atoms with Crippen molar-refractivity contribution in [2.24, 2.45) is 0 Å². The highest BCUT2D eigenvalue weighted by Crippen LogP contribution is 2.16. The predicted molar refractivity (Wildman–Crippen MR) is 298 cm³/mol. The van der Waals surface area contributed by atoms with Crippen molar-refractivity contribution in [3.8, 4) is 0 Å². The first-order valence-electron chi connectivity index (χ1n) is 30.5. The molecule has 1 atom stereocenters. The highest BCUT2D eigenvalue weighted by Gasteiger charge is 2.19. The monoisotopic (exact) mass is 969 g/mol. The van der Waals surface area contributed by atoms with E-state index in [-0.39, 0.29) is 31.1 Å². The van der Waals surface area contributed by atoms with Crippen molar-refractivity contribution < 1.29 is 28.6 Å². The van der Waals surface area contributed by atoms with E-state index >= 15 is 0 Å². The zero-order valence-electron chi connectivity index (χ0n) is 46.3. The van der Waals surface area contributed by atoms with Crippen LogP contribution in [0.4, 0.5) is 0 Å². The SMILES string of the molecule is CCCCCCCC/C=C\CCCCCCCCCCCC(=O)OC[C@H](COC(=O)CCCCCCC/C=C\CCCCCCCC)OC(=O)CCCCCCCCC/C=C\CCCCCCCC. The third kappa shape index (κ3) is 56.4. The summed E-state index contributed by atoms with van der Waals surface area (Å²) in [5.74, 6) is -0.871. The van der Waals surface area contributed by atoms with Gasteiger partial charge in [0.15, 0.2) is 6.10 Å². The average Bonchev–Trinajstić information content (AvgIpc) is 3.35. The van der Waals surface area contributed by atoms with E-state index in [4.69, 9.17) is 14.2 Å². The minimum atomic E-state index is -0.777. The number of carbonyl (C=O) groups is 3. The second kappa shape index (κ2) is 58.2. The molecule has 0 aromatic carbocycles. The summed E-state index contributed by atoms with van der Waals surface area (Å²) in [5.41, 5.74) is 0. The summed E-state index contributed by atoms with van der Waals surface area (Å²) >= 11 is 0. The van der Waals surface area contributed by atoms with Crippen molar-refractivity contribution in [3.63, 3.8) is 0 Å². The molecule has 0 aromatic heterocycles. The molecule has 0 aliphatic carbocycles. The lowest BCUT2D eigenvalue weighted by Crippen LogP contribution is -2.30. The maximum absolute atomic E-state index is 12.9. The molecule has 0 radical (unpaired) electrons. The fraction of sp³-hybridized carbons (Fsp3) is 0.857. The van der Waals surface area contributed by atoms with Crippen LogP contribution >= 0.6 is 0 Å². The van der Waals surface area contributed by atoms with Gasteiger partial charge in [-0.3, -0.25) is 14.4 Å². The molecule has 0 amide bonds. The summed E-state index contributed by atoms with van der Waals surface area (Å²) in [6.45, 7) is 6.66. The lowest BCUT2D eigenvalue weighted by molar-refractivity contribution is -0.167. The maximum Gasteiger partial charge on any atom is 0.306 e. The first kappa shape index (κ1) is 66.6. The van der Waals surface area contributed by atoms with E-state index in [1.165, 1.54) is 225 Å². The van der Waals surface area contributed by atoms with E-state index in [9.17, 15) is 14.4 Å². The highest BCUT2D eigenvalue weighted by atomic mass is 16.6. The van der Waals surface area contributed by atoms with Gasteiger partial charge in [0.25, 0.3) is 0 Å². The number of esters is 3. The van der Waals surface area contributed by atoms with Gasteiger partial charge in [-0.15, -0.1) is 0 Å². The molecule has 0 N–H and O–H groups in total. The fourth-order valence-corrected chi connectivity index (χ4v) is 8.96. The second-order valence-corrected chi connectivity index (χ2v) is 20.6. The Balaban J connectivity index is 4.35. The number of ether oxygens (including phenoxy) is 3. The Kier molecular flexibility index (Phi) is 56.2.